The largest absolute Gasteiger partial charge is 0.494 e. The van der Waals surface area contributed by atoms with Crippen LogP contribution in [0.5, 0.6) is 5.75 Å². The second-order valence-electron chi connectivity index (χ2n) is 6.72. The molecule has 2 amide bonds. The molecule has 0 saturated carbocycles. The van der Waals surface area contributed by atoms with E-state index in [2.05, 4.69) is 0 Å². The summed E-state index contributed by atoms with van der Waals surface area (Å²) in [7, 11) is 0. The normalized spacial score (nSPS) is 14.8. The van der Waals surface area contributed by atoms with Crippen molar-refractivity contribution < 1.29 is 14.3 Å². The summed E-state index contributed by atoms with van der Waals surface area (Å²) in [5.74, 6) is 1.08. The van der Waals surface area contributed by atoms with Gasteiger partial charge >= 0.3 is 0 Å². The van der Waals surface area contributed by atoms with Gasteiger partial charge in [0.1, 0.15) is 5.75 Å². The third-order valence-electron chi connectivity index (χ3n) is 4.37. The molecule has 1 aliphatic rings. The lowest BCUT2D eigenvalue weighted by molar-refractivity contribution is -0.141. The van der Waals surface area contributed by atoms with E-state index in [-0.39, 0.29) is 17.7 Å². The number of aryl methyl sites for hydroxylation is 1. The average molecular weight is 367 g/mol. The molecule has 1 aromatic carbocycles. The number of halogens is 1. The van der Waals surface area contributed by atoms with Gasteiger partial charge in [0.25, 0.3) is 0 Å². The van der Waals surface area contributed by atoms with Gasteiger partial charge in [0.15, 0.2) is 0 Å². The minimum absolute atomic E-state index is 0.0101. The SMILES string of the molecule is Cc1cc(OCCCC(=O)N2CCN(C(=O)C(C)C)CC2)ccc1Cl. The lowest BCUT2D eigenvalue weighted by Crippen LogP contribution is -2.51. The van der Waals surface area contributed by atoms with Crippen LogP contribution in [-0.2, 0) is 9.59 Å². The summed E-state index contributed by atoms with van der Waals surface area (Å²) in [4.78, 5) is 27.9. The smallest absolute Gasteiger partial charge is 0.225 e. The highest BCUT2D eigenvalue weighted by molar-refractivity contribution is 6.31. The number of amides is 2. The maximum atomic E-state index is 12.3. The van der Waals surface area contributed by atoms with Crippen molar-refractivity contribution in [2.45, 2.75) is 33.6 Å². The minimum atomic E-state index is 0.0101. The molecule has 0 unspecified atom stereocenters. The van der Waals surface area contributed by atoms with E-state index >= 15 is 0 Å². The summed E-state index contributed by atoms with van der Waals surface area (Å²) < 4.78 is 5.67. The second-order valence-corrected chi connectivity index (χ2v) is 7.13. The van der Waals surface area contributed by atoms with Crippen molar-refractivity contribution >= 4 is 23.4 Å². The Morgan fingerprint density at radius 3 is 2.40 bits per heavy atom. The van der Waals surface area contributed by atoms with Crippen LogP contribution < -0.4 is 4.74 Å². The average Bonchev–Trinajstić information content (AvgIpc) is 2.61. The van der Waals surface area contributed by atoms with Crippen LogP contribution >= 0.6 is 11.6 Å². The summed E-state index contributed by atoms with van der Waals surface area (Å²) in [5.41, 5.74) is 0.976. The number of ether oxygens (including phenoxy) is 1. The Hall–Kier alpha value is -1.75. The number of carbonyl (C=O) groups excluding carboxylic acids is 2. The highest BCUT2D eigenvalue weighted by atomic mass is 35.5. The first-order chi connectivity index (χ1) is 11.9. The van der Waals surface area contributed by atoms with Crippen LogP contribution in [0.1, 0.15) is 32.3 Å². The lowest BCUT2D eigenvalue weighted by Gasteiger charge is -2.35. The molecular weight excluding hydrogens is 340 g/mol. The van der Waals surface area contributed by atoms with Crippen molar-refractivity contribution in [1.29, 1.82) is 0 Å². The predicted octanol–water partition coefficient (Wildman–Crippen LogP) is 3.13. The van der Waals surface area contributed by atoms with Crippen molar-refractivity contribution in [3.05, 3.63) is 28.8 Å². The third-order valence-corrected chi connectivity index (χ3v) is 4.80. The van der Waals surface area contributed by atoms with Crippen LogP contribution in [0.2, 0.25) is 5.02 Å². The summed E-state index contributed by atoms with van der Waals surface area (Å²) in [6, 6.07) is 5.55. The number of piperazine rings is 1. The van der Waals surface area contributed by atoms with Gasteiger partial charge in [-0.15, -0.1) is 0 Å². The first kappa shape index (κ1) is 19.6. The highest BCUT2D eigenvalue weighted by Crippen LogP contribution is 2.21. The van der Waals surface area contributed by atoms with E-state index in [1.807, 2.05) is 48.8 Å². The Kier molecular flexibility index (Phi) is 7.12. The maximum Gasteiger partial charge on any atom is 0.225 e. The summed E-state index contributed by atoms with van der Waals surface area (Å²) >= 11 is 5.99. The number of nitrogens with zero attached hydrogens (tertiary/aromatic N) is 2. The van der Waals surface area contributed by atoms with E-state index in [0.717, 1.165) is 16.3 Å². The Morgan fingerprint density at radius 2 is 1.80 bits per heavy atom. The zero-order valence-corrected chi connectivity index (χ0v) is 16.0. The molecular formula is C19H27ClN2O3. The van der Waals surface area contributed by atoms with Gasteiger partial charge in [-0.25, -0.2) is 0 Å². The van der Waals surface area contributed by atoms with Crippen molar-refractivity contribution in [2.24, 2.45) is 5.92 Å². The molecule has 2 rings (SSSR count). The fraction of sp³-hybridized carbons (Fsp3) is 0.579. The van der Waals surface area contributed by atoms with Crippen molar-refractivity contribution in [1.82, 2.24) is 9.80 Å². The summed E-state index contributed by atoms with van der Waals surface area (Å²) in [6.07, 6.45) is 1.14. The molecule has 0 N–H and O–H groups in total. The van der Waals surface area contributed by atoms with Crippen molar-refractivity contribution in [3.8, 4) is 5.75 Å². The fourth-order valence-corrected chi connectivity index (χ4v) is 2.94. The van der Waals surface area contributed by atoms with Crippen LogP contribution in [0.4, 0.5) is 0 Å². The molecule has 0 atom stereocenters. The highest BCUT2D eigenvalue weighted by Gasteiger charge is 2.24. The van der Waals surface area contributed by atoms with Gasteiger partial charge in [-0.1, -0.05) is 25.4 Å². The molecule has 0 aromatic heterocycles. The van der Waals surface area contributed by atoms with Crippen molar-refractivity contribution in [2.75, 3.05) is 32.8 Å². The molecule has 1 heterocycles. The van der Waals surface area contributed by atoms with E-state index < -0.39 is 0 Å². The van der Waals surface area contributed by atoms with Gasteiger partial charge in [-0.2, -0.15) is 0 Å². The standard InChI is InChI=1S/C19H27ClN2O3/c1-14(2)19(24)22-10-8-21(9-11-22)18(23)5-4-12-25-16-6-7-17(20)15(3)13-16/h6-7,13-14H,4-5,8-12H2,1-3H3. The van der Waals surface area contributed by atoms with Crippen LogP contribution in [0.3, 0.4) is 0 Å². The van der Waals surface area contributed by atoms with Gasteiger partial charge in [-0.3, -0.25) is 9.59 Å². The van der Waals surface area contributed by atoms with Crippen LogP contribution in [0, 0.1) is 12.8 Å². The Bertz CT molecular complexity index is 611. The monoisotopic (exact) mass is 366 g/mol. The molecule has 0 aliphatic carbocycles. The molecule has 6 heteroatoms. The summed E-state index contributed by atoms with van der Waals surface area (Å²) in [6.45, 7) is 8.74. The Labute approximate surface area is 154 Å². The van der Waals surface area contributed by atoms with Crippen LogP contribution in [0.25, 0.3) is 0 Å². The first-order valence-electron chi connectivity index (χ1n) is 8.84. The number of benzene rings is 1. The van der Waals surface area contributed by atoms with E-state index in [4.69, 9.17) is 16.3 Å². The topological polar surface area (TPSA) is 49.9 Å². The second kappa shape index (κ2) is 9.09. The number of hydrogen-bond acceptors (Lipinski definition) is 3. The fourth-order valence-electron chi connectivity index (χ4n) is 2.82. The number of hydrogen-bond donors (Lipinski definition) is 0. The third kappa shape index (κ3) is 5.63. The van der Waals surface area contributed by atoms with Gasteiger partial charge in [0.2, 0.25) is 11.8 Å². The number of carbonyl (C=O) groups is 2. The molecule has 1 saturated heterocycles. The van der Waals surface area contributed by atoms with Gasteiger partial charge in [-0.05, 0) is 37.1 Å². The van der Waals surface area contributed by atoms with E-state index in [1.165, 1.54) is 0 Å². The molecule has 0 radical (unpaired) electrons. The van der Waals surface area contributed by atoms with E-state index in [9.17, 15) is 9.59 Å². The Morgan fingerprint density at radius 1 is 1.16 bits per heavy atom. The first-order valence-corrected chi connectivity index (χ1v) is 9.22. The predicted molar refractivity (Wildman–Crippen MR) is 98.9 cm³/mol. The lowest BCUT2D eigenvalue weighted by atomic mass is 10.1. The maximum absolute atomic E-state index is 12.3. The quantitative estimate of drug-likeness (QED) is 0.727. The molecule has 25 heavy (non-hydrogen) atoms. The van der Waals surface area contributed by atoms with Gasteiger partial charge < -0.3 is 14.5 Å². The van der Waals surface area contributed by atoms with E-state index in [1.54, 1.807) is 0 Å². The van der Waals surface area contributed by atoms with Gasteiger partial charge in [0.05, 0.1) is 6.61 Å². The molecule has 0 spiro atoms. The zero-order valence-electron chi connectivity index (χ0n) is 15.3. The molecule has 138 valence electrons. The van der Waals surface area contributed by atoms with Gasteiger partial charge in [0, 0.05) is 43.5 Å². The van der Waals surface area contributed by atoms with Crippen LogP contribution in [-0.4, -0.2) is 54.4 Å². The number of rotatable bonds is 6. The molecule has 5 nitrogen and oxygen atoms in total. The molecule has 1 aliphatic heterocycles. The summed E-state index contributed by atoms with van der Waals surface area (Å²) in [5, 5.41) is 0.720. The molecule has 1 aromatic rings. The minimum Gasteiger partial charge on any atom is -0.494 e. The zero-order chi connectivity index (χ0) is 18.4. The molecule has 1 fully saturated rings. The van der Waals surface area contributed by atoms with Crippen molar-refractivity contribution in [3.63, 3.8) is 0 Å². The van der Waals surface area contributed by atoms with E-state index in [0.29, 0.717) is 45.6 Å². The Balaban J connectivity index is 1.67. The molecule has 0 bridgehead atoms. The van der Waals surface area contributed by atoms with Crippen LogP contribution in [0.15, 0.2) is 18.2 Å².